The number of ether oxygens (including phenoxy) is 4. The smallest absolute Gasteiger partial charge is 0.306 e. The number of carbonyl (C=O) groups excluding carboxylic acids is 3. The van der Waals surface area contributed by atoms with Crippen molar-refractivity contribution in [2.24, 2.45) is 5.92 Å². The van der Waals surface area contributed by atoms with Gasteiger partial charge in [0.25, 0.3) is 0 Å². The van der Waals surface area contributed by atoms with Gasteiger partial charge < -0.3 is 39.8 Å². The summed E-state index contributed by atoms with van der Waals surface area (Å²) in [6.45, 7) is 5.25. The zero-order chi connectivity index (χ0) is 36.2. The Labute approximate surface area is 293 Å². The summed E-state index contributed by atoms with van der Waals surface area (Å²) >= 11 is 0. The van der Waals surface area contributed by atoms with Crippen LogP contribution in [0.3, 0.4) is 0 Å². The molecule has 0 spiro atoms. The van der Waals surface area contributed by atoms with Crippen molar-refractivity contribution in [2.45, 2.75) is 129 Å². The summed E-state index contributed by atoms with van der Waals surface area (Å²) in [6.07, 6.45) is 16.2. The van der Waals surface area contributed by atoms with Gasteiger partial charge in [0.05, 0.1) is 45.6 Å². The van der Waals surface area contributed by atoms with Gasteiger partial charge in [0, 0.05) is 45.4 Å². The standard InChI is InChI=1S/C36H66N2O11/c1-2-46-25-26-47-24-22-38-34(41)30-49-28-27-48-23-21-37-33(40)20-19-31(36(44)45)29-32(39)17-15-13-11-9-7-5-3-4-6-8-10-12-14-16-18-35(42)43/h31H,2-30H2,1H3,(H,37,40)(H,38,41)(H,42,43)(H,44,45)/t31-/m1/s1. The van der Waals surface area contributed by atoms with Crippen LogP contribution in [0.4, 0.5) is 0 Å². The van der Waals surface area contributed by atoms with E-state index in [1.54, 1.807) is 0 Å². The lowest BCUT2D eigenvalue weighted by atomic mass is 9.94. The Hall–Kier alpha value is -2.61. The summed E-state index contributed by atoms with van der Waals surface area (Å²) in [5.41, 5.74) is 0. The van der Waals surface area contributed by atoms with Crippen LogP contribution in [-0.2, 0) is 42.9 Å². The van der Waals surface area contributed by atoms with Gasteiger partial charge in [0.1, 0.15) is 12.4 Å². The fourth-order valence-corrected chi connectivity index (χ4v) is 5.13. The van der Waals surface area contributed by atoms with E-state index >= 15 is 0 Å². The van der Waals surface area contributed by atoms with Crippen molar-refractivity contribution < 1.29 is 53.1 Å². The van der Waals surface area contributed by atoms with Gasteiger partial charge in [-0.3, -0.25) is 24.0 Å². The van der Waals surface area contributed by atoms with Crippen LogP contribution < -0.4 is 10.6 Å². The predicted molar refractivity (Wildman–Crippen MR) is 186 cm³/mol. The molecule has 0 bridgehead atoms. The maximum atomic E-state index is 12.4. The first kappa shape index (κ1) is 46.4. The predicted octanol–water partition coefficient (Wildman–Crippen LogP) is 5.07. The third kappa shape index (κ3) is 35.0. The van der Waals surface area contributed by atoms with Crippen LogP contribution in [0.2, 0.25) is 0 Å². The molecule has 0 aromatic rings. The Morgan fingerprint density at radius 3 is 1.47 bits per heavy atom. The van der Waals surface area contributed by atoms with Gasteiger partial charge in [-0.1, -0.05) is 77.0 Å². The van der Waals surface area contributed by atoms with Crippen LogP contribution in [0.15, 0.2) is 0 Å². The van der Waals surface area contributed by atoms with Gasteiger partial charge in [-0.15, -0.1) is 0 Å². The van der Waals surface area contributed by atoms with Crippen LogP contribution in [0, 0.1) is 5.92 Å². The molecule has 2 amide bonds. The van der Waals surface area contributed by atoms with Gasteiger partial charge >= 0.3 is 11.9 Å². The Morgan fingerprint density at radius 2 is 0.980 bits per heavy atom. The molecule has 286 valence electrons. The number of carboxylic acid groups (broad SMARTS) is 2. The third-order valence-electron chi connectivity index (χ3n) is 7.96. The Kier molecular flexibility index (Phi) is 33.3. The first-order valence-electron chi connectivity index (χ1n) is 18.6. The van der Waals surface area contributed by atoms with Crippen LogP contribution in [0.5, 0.6) is 0 Å². The lowest BCUT2D eigenvalue weighted by Crippen LogP contribution is -2.31. The molecule has 0 aromatic heterocycles. The average molecular weight is 703 g/mol. The van der Waals surface area contributed by atoms with E-state index in [1.807, 2.05) is 6.92 Å². The van der Waals surface area contributed by atoms with E-state index < -0.39 is 17.9 Å². The minimum Gasteiger partial charge on any atom is -0.481 e. The monoisotopic (exact) mass is 702 g/mol. The van der Waals surface area contributed by atoms with E-state index in [9.17, 15) is 29.1 Å². The van der Waals surface area contributed by atoms with Crippen molar-refractivity contribution >= 4 is 29.5 Å². The Bertz CT molecular complexity index is 857. The van der Waals surface area contributed by atoms with Crippen molar-refractivity contribution in [2.75, 3.05) is 65.9 Å². The number of Topliss-reactive ketones (excluding diaryl/α,β-unsaturated/α-hetero) is 1. The fourth-order valence-electron chi connectivity index (χ4n) is 5.13. The maximum absolute atomic E-state index is 12.4. The minimum atomic E-state index is -1.06. The van der Waals surface area contributed by atoms with Gasteiger partial charge in [0.15, 0.2) is 0 Å². The molecule has 0 saturated carbocycles. The Balaban J connectivity index is 3.66. The molecule has 0 aliphatic heterocycles. The highest BCUT2D eigenvalue weighted by Crippen LogP contribution is 2.17. The molecule has 4 N–H and O–H groups in total. The molecule has 0 radical (unpaired) electrons. The number of hydrogen-bond acceptors (Lipinski definition) is 9. The Morgan fingerprint density at radius 1 is 0.531 bits per heavy atom. The van der Waals surface area contributed by atoms with Crippen molar-refractivity contribution in [3.8, 4) is 0 Å². The maximum Gasteiger partial charge on any atom is 0.306 e. The number of unbranched alkanes of at least 4 members (excludes halogenated alkanes) is 13. The zero-order valence-electron chi connectivity index (χ0n) is 30.2. The highest BCUT2D eigenvalue weighted by molar-refractivity contribution is 5.84. The quantitative estimate of drug-likeness (QED) is 0.0629. The summed E-state index contributed by atoms with van der Waals surface area (Å²) in [4.78, 5) is 58.3. The number of hydrogen-bond donors (Lipinski definition) is 4. The summed E-state index contributed by atoms with van der Waals surface area (Å²) < 4.78 is 21.1. The number of rotatable bonds is 38. The number of ketones is 1. The van der Waals surface area contributed by atoms with E-state index in [-0.39, 0.29) is 76.3 Å². The summed E-state index contributed by atoms with van der Waals surface area (Å²) in [5, 5.41) is 23.5. The van der Waals surface area contributed by atoms with Crippen molar-refractivity contribution in [1.82, 2.24) is 10.6 Å². The molecule has 49 heavy (non-hydrogen) atoms. The molecule has 1 atom stereocenters. The van der Waals surface area contributed by atoms with Crippen LogP contribution in [0.25, 0.3) is 0 Å². The number of carboxylic acids is 2. The van der Waals surface area contributed by atoms with Crippen LogP contribution in [-0.4, -0.2) is 106 Å². The molecule has 0 aliphatic carbocycles. The average Bonchev–Trinajstić information content (AvgIpc) is 3.06. The minimum absolute atomic E-state index is 0.0224. The normalized spacial score (nSPS) is 11.7. The second-order valence-electron chi connectivity index (χ2n) is 12.3. The lowest BCUT2D eigenvalue weighted by Gasteiger charge is -2.12. The number of nitrogens with one attached hydrogen (secondary N) is 2. The van der Waals surface area contributed by atoms with Gasteiger partial charge in [0.2, 0.25) is 11.8 Å². The molecule has 0 heterocycles. The molecule has 0 rings (SSSR count). The summed E-state index contributed by atoms with van der Waals surface area (Å²) in [5.74, 6) is -3.23. The number of amides is 2. The summed E-state index contributed by atoms with van der Waals surface area (Å²) in [7, 11) is 0. The topological polar surface area (TPSA) is 187 Å². The summed E-state index contributed by atoms with van der Waals surface area (Å²) in [6, 6.07) is 0. The molecular formula is C36H66N2O11. The van der Waals surface area contributed by atoms with Crippen molar-refractivity contribution in [3.05, 3.63) is 0 Å². The molecule has 0 unspecified atom stereocenters. The second-order valence-corrected chi connectivity index (χ2v) is 12.3. The van der Waals surface area contributed by atoms with Crippen molar-refractivity contribution in [1.29, 1.82) is 0 Å². The van der Waals surface area contributed by atoms with Gasteiger partial charge in [-0.05, 0) is 26.2 Å². The third-order valence-corrected chi connectivity index (χ3v) is 7.96. The molecular weight excluding hydrogens is 636 g/mol. The fraction of sp³-hybridized carbons (Fsp3) is 0.861. The van der Waals surface area contributed by atoms with E-state index in [4.69, 9.17) is 24.1 Å². The number of carbonyl (C=O) groups is 5. The SMILES string of the molecule is CCOCCOCCNC(=O)COCCOCCNC(=O)CC[C@H](CC(=O)CCCCCCCCCCCCCCCCC(=O)O)C(=O)O. The first-order valence-corrected chi connectivity index (χ1v) is 18.6. The van der Waals surface area contributed by atoms with Gasteiger partial charge in [-0.2, -0.15) is 0 Å². The molecule has 0 aromatic carbocycles. The van der Waals surface area contributed by atoms with E-state index in [2.05, 4.69) is 10.6 Å². The van der Waals surface area contributed by atoms with Crippen molar-refractivity contribution in [3.63, 3.8) is 0 Å². The molecule has 13 nitrogen and oxygen atoms in total. The zero-order valence-corrected chi connectivity index (χ0v) is 30.2. The van der Waals surface area contributed by atoms with Crippen LogP contribution in [0.1, 0.15) is 129 Å². The molecule has 13 heteroatoms. The van der Waals surface area contributed by atoms with Gasteiger partial charge in [-0.25, -0.2) is 0 Å². The highest BCUT2D eigenvalue weighted by atomic mass is 16.5. The molecule has 0 fully saturated rings. The molecule has 0 saturated heterocycles. The largest absolute Gasteiger partial charge is 0.481 e. The van der Waals surface area contributed by atoms with E-state index in [0.29, 0.717) is 39.4 Å². The number of aliphatic carboxylic acids is 2. The lowest BCUT2D eigenvalue weighted by molar-refractivity contribution is -0.144. The van der Waals surface area contributed by atoms with E-state index in [0.717, 1.165) is 44.9 Å². The highest BCUT2D eigenvalue weighted by Gasteiger charge is 2.22. The second kappa shape index (κ2) is 35.2. The van der Waals surface area contributed by atoms with E-state index in [1.165, 1.54) is 44.9 Å². The molecule has 0 aliphatic rings. The van der Waals surface area contributed by atoms with Crippen LogP contribution >= 0.6 is 0 Å². The first-order chi connectivity index (χ1) is 23.8.